The minimum atomic E-state index is -0.607. The molecule has 0 heterocycles. The molecular formula is C7H19N3O. The van der Waals surface area contributed by atoms with Crippen LogP contribution in [0.15, 0.2) is 0 Å². The second-order valence-corrected chi connectivity index (χ2v) is 2.94. The quantitative estimate of drug-likeness (QED) is 0.285. The van der Waals surface area contributed by atoms with E-state index >= 15 is 0 Å². The summed E-state index contributed by atoms with van der Waals surface area (Å²) in [4.78, 5) is 2.13. The Labute approximate surface area is 68.3 Å². The van der Waals surface area contributed by atoms with E-state index in [1.807, 2.05) is 14.0 Å². The summed E-state index contributed by atoms with van der Waals surface area (Å²) in [5.74, 6) is 5.23. The monoisotopic (exact) mass is 161 g/mol. The molecule has 4 N–H and O–H groups in total. The molecule has 0 aromatic rings. The van der Waals surface area contributed by atoms with E-state index in [0.717, 1.165) is 13.1 Å². The summed E-state index contributed by atoms with van der Waals surface area (Å²) in [5.41, 5.74) is 2.32. The Hall–Kier alpha value is -0.160. The lowest BCUT2D eigenvalue weighted by atomic mass is 10.1. The molecule has 0 spiro atoms. The summed E-state index contributed by atoms with van der Waals surface area (Å²) in [6, 6.07) is 0. The molecule has 4 nitrogen and oxygen atoms in total. The number of rotatable bonds is 5. The van der Waals surface area contributed by atoms with Crippen LogP contribution in [-0.4, -0.2) is 36.4 Å². The molecule has 0 aliphatic heterocycles. The maximum atomic E-state index is 9.21. The van der Waals surface area contributed by atoms with Crippen molar-refractivity contribution in [1.29, 1.82) is 0 Å². The van der Waals surface area contributed by atoms with Gasteiger partial charge in [0.05, 0.1) is 0 Å². The van der Waals surface area contributed by atoms with Crippen LogP contribution in [-0.2, 0) is 0 Å². The van der Waals surface area contributed by atoms with Gasteiger partial charge in [0.15, 0.2) is 0 Å². The third-order valence-corrected chi connectivity index (χ3v) is 1.85. The van der Waals surface area contributed by atoms with E-state index in [0.29, 0.717) is 0 Å². The topological polar surface area (TPSA) is 61.5 Å². The van der Waals surface area contributed by atoms with Gasteiger partial charge >= 0.3 is 0 Å². The Balaban J connectivity index is 3.58. The smallest absolute Gasteiger partial charge is 0.120 e. The number of aliphatic hydroxyl groups excluding tert-OH is 1. The number of hydrogen-bond acceptors (Lipinski definition) is 4. The number of nitrogens with one attached hydrogen (secondary N) is 1. The van der Waals surface area contributed by atoms with Crippen LogP contribution in [0.3, 0.4) is 0 Å². The normalized spacial score (nSPS) is 16.9. The third kappa shape index (κ3) is 4.31. The summed E-state index contributed by atoms with van der Waals surface area (Å²) in [7, 11) is 2.01. The van der Waals surface area contributed by atoms with Crippen molar-refractivity contribution in [2.45, 2.75) is 20.1 Å². The molecule has 2 atom stereocenters. The van der Waals surface area contributed by atoms with E-state index in [2.05, 4.69) is 17.2 Å². The molecule has 0 aliphatic carbocycles. The molecule has 4 heteroatoms. The molecule has 0 aromatic carbocycles. The van der Waals surface area contributed by atoms with Gasteiger partial charge in [0.2, 0.25) is 0 Å². The zero-order chi connectivity index (χ0) is 8.85. The molecule has 0 saturated heterocycles. The minimum absolute atomic E-state index is 0.157. The first-order chi connectivity index (χ1) is 5.11. The Kier molecular flexibility index (Phi) is 5.41. The van der Waals surface area contributed by atoms with Crippen molar-refractivity contribution in [2.75, 3.05) is 20.1 Å². The standard InChI is InChI=1S/C7H19N3O/c1-4-10(3)5-6(2)7(11)9-8/h6-7,9,11H,4-5,8H2,1-3H3. The van der Waals surface area contributed by atoms with Gasteiger partial charge in [-0.2, -0.15) is 0 Å². The predicted molar refractivity (Wildman–Crippen MR) is 45.7 cm³/mol. The molecule has 68 valence electrons. The molecule has 0 aliphatic rings. The first kappa shape index (κ1) is 10.8. The number of nitrogens with two attached hydrogens (primary N) is 1. The van der Waals surface area contributed by atoms with Crippen LogP contribution in [0, 0.1) is 5.92 Å². The highest BCUT2D eigenvalue weighted by atomic mass is 16.3. The van der Waals surface area contributed by atoms with E-state index in [-0.39, 0.29) is 5.92 Å². The number of hydrazine groups is 1. The van der Waals surface area contributed by atoms with Crippen molar-refractivity contribution in [3.63, 3.8) is 0 Å². The molecule has 0 amide bonds. The lowest BCUT2D eigenvalue weighted by molar-refractivity contribution is 0.0667. The highest BCUT2D eigenvalue weighted by molar-refractivity contribution is 4.62. The predicted octanol–water partition coefficient (Wildman–Crippen LogP) is -0.644. The van der Waals surface area contributed by atoms with Gasteiger partial charge < -0.3 is 10.0 Å². The van der Waals surface area contributed by atoms with Crippen molar-refractivity contribution in [2.24, 2.45) is 11.8 Å². The van der Waals surface area contributed by atoms with Crippen LogP contribution in [0.4, 0.5) is 0 Å². The van der Waals surface area contributed by atoms with E-state index in [9.17, 15) is 5.11 Å². The van der Waals surface area contributed by atoms with Crippen LogP contribution in [0.5, 0.6) is 0 Å². The van der Waals surface area contributed by atoms with Gasteiger partial charge in [-0.1, -0.05) is 13.8 Å². The van der Waals surface area contributed by atoms with Gasteiger partial charge in [-0.3, -0.25) is 5.84 Å². The SMILES string of the molecule is CCN(C)CC(C)C(O)NN. The number of hydrogen-bond donors (Lipinski definition) is 3. The first-order valence-corrected chi connectivity index (χ1v) is 3.94. The maximum Gasteiger partial charge on any atom is 0.120 e. The molecule has 0 radical (unpaired) electrons. The van der Waals surface area contributed by atoms with Crippen LogP contribution < -0.4 is 11.3 Å². The fraction of sp³-hybridized carbons (Fsp3) is 1.00. The fourth-order valence-electron chi connectivity index (χ4n) is 0.885. The molecule has 11 heavy (non-hydrogen) atoms. The Morgan fingerprint density at radius 2 is 2.18 bits per heavy atom. The average Bonchev–Trinajstić information content (AvgIpc) is 2.02. The van der Waals surface area contributed by atoms with Gasteiger partial charge in [0.25, 0.3) is 0 Å². The van der Waals surface area contributed by atoms with Crippen molar-refractivity contribution < 1.29 is 5.11 Å². The van der Waals surface area contributed by atoms with Gasteiger partial charge in [0.1, 0.15) is 6.23 Å². The van der Waals surface area contributed by atoms with E-state index in [1.165, 1.54) is 0 Å². The largest absolute Gasteiger partial charge is 0.377 e. The molecule has 0 bridgehead atoms. The lowest BCUT2D eigenvalue weighted by Gasteiger charge is -2.23. The van der Waals surface area contributed by atoms with E-state index in [4.69, 9.17) is 5.84 Å². The molecular weight excluding hydrogens is 142 g/mol. The zero-order valence-corrected chi connectivity index (χ0v) is 7.54. The summed E-state index contributed by atoms with van der Waals surface area (Å²) < 4.78 is 0. The Morgan fingerprint density at radius 3 is 2.55 bits per heavy atom. The summed E-state index contributed by atoms with van der Waals surface area (Å²) >= 11 is 0. The van der Waals surface area contributed by atoms with Crippen LogP contribution in [0.1, 0.15) is 13.8 Å². The van der Waals surface area contributed by atoms with Crippen molar-refractivity contribution >= 4 is 0 Å². The van der Waals surface area contributed by atoms with Gasteiger partial charge in [-0.15, -0.1) is 0 Å². The minimum Gasteiger partial charge on any atom is -0.377 e. The van der Waals surface area contributed by atoms with Crippen LogP contribution in [0.25, 0.3) is 0 Å². The second-order valence-electron chi connectivity index (χ2n) is 2.94. The highest BCUT2D eigenvalue weighted by Gasteiger charge is 2.12. The van der Waals surface area contributed by atoms with Gasteiger partial charge in [-0.25, -0.2) is 5.43 Å². The van der Waals surface area contributed by atoms with Crippen LogP contribution in [0.2, 0.25) is 0 Å². The average molecular weight is 161 g/mol. The van der Waals surface area contributed by atoms with Crippen molar-refractivity contribution in [1.82, 2.24) is 10.3 Å². The zero-order valence-electron chi connectivity index (χ0n) is 7.54. The Bertz CT molecular complexity index is 99.7. The Morgan fingerprint density at radius 1 is 1.64 bits per heavy atom. The fourth-order valence-corrected chi connectivity index (χ4v) is 0.885. The summed E-state index contributed by atoms with van der Waals surface area (Å²) in [5, 5.41) is 9.21. The second kappa shape index (κ2) is 5.49. The van der Waals surface area contributed by atoms with Gasteiger partial charge in [-0.05, 0) is 13.6 Å². The molecule has 0 rings (SSSR count). The third-order valence-electron chi connectivity index (χ3n) is 1.85. The van der Waals surface area contributed by atoms with Gasteiger partial charge in [0, 0.05) is 12.5 Å². The molecule has 0 aromatic heterocycles. The van der Waals surface area contributed by atoms with E-state index in [1.54, 1.807) is 0 Å². The number of nitrogens with zero attached hydrogens (tertiary/aromatic N) is 1. The highest BCUT2D eigenvalue weighted by Crippen LogP contribution is 2.00. The number of aliphatic hydroxyl groups is 1. The molecule has 0 fully saturated rings. The summed E-state index contributed by atoms with van der Waals surface area (Å²) in [6.07, 6.45) is -0.607. The molecule has 0 saturated carbocycles. The lowest BCUT2D eigenvalue weighted by Crippen LogP contribution is -2.43. The summed E-state index contributed by atoms with van der Waals surface area (Å²) in [6.45, 7) is 5.87. The first-order valence-electron chi connectivity index (χ1n) is 3.94. The molecule has 2 unspecified atom stereocenters. The van der Waals surface area contributed by atoms with Crippen molar-refractivity contribution in [3.05, 3.63) is 0 Å². The van der Waals surface area contributed by atoms with Crippen molar-refractivity contribution in [3.8, 4) is 0 Å². The maximum absolute atomic E-state index is 9.21. The van der Waals surface area contributed by atoms with Crippen LogP contribution >= 0.6 is 0 Å². The van der Waals surface area contributed by atoms with E-state index < -0.39 is 6.23 Å².